The first-order valence-corrected chi connectivity index (χ1v) is 5.29. The Labute approximate surface area is 92.1 Å². The first-order chi connectivity index (χ1) is 7.33. The molecule has 0 radical (unpaired) electrons. The van der Waals surface area contributed by atoms with Crippen LogP contribution in [0.5, 0.6) is 0 Å². The molecule has 0 bridgehead atoms. The number of pyridine rings is 1. The zero-order valence-electron chi connectivity index (χ0n) is 7.98. The maximum atomic E-state index is 5.80. The molecule has 0 aliphatic heterocycles. The third-order valence-electron chi connectivity index (χ3n) is 2.54. The molecule has 4 heteroatoms. The van der Waals surface area contributed by atoms with Gasteiger partial charge >= 0.3 is 0 Å². The van der Waals surface area contributed by atoms with Crippen LogP contribution in [0.3, 0.4) is 0 Å². The van der Waals surface area contributed by atoms with Crippen LogP contribution in [0.2, 0.25) is 5.15 Å². The highest BCUT2D eigenvalue weighted by Crippen LogP contribution is 2.40. The lowest BCUT2D eigenvalue weighted by atomic mass is 10.2. The largest absolute Gasteiger partial charge is 0.356 e. The van der Waals surface area contributed by atoms with Crippen molar-refractivity contribution in [3.05, 3.63) is 35.2 Å². The Morgan fingerprint density at radius 3 is 2.93 bits per heavy atom. The van der Waals surface area contributed by atoms with E-state index in [9.17, 15) is 0 Å². The lowest BCUT2D eigenvalue weighted by Gasteiger charge is -1.93. The molecule has 15 heavy (non-hydrogen) atoms. The minimum absolute atomic E-state index is 0.469. The molecule has 0 saturated heterocycles. The van der Waals surface area contributed by atoms with Crippen molar-refractivity contribution in [1.29, 1.82) is 0 Å². The summed E-state index contributed by atoms with van der Waals surface area (Å²) in [4.78, 5) is 3.92. The second-order valence-corrected chi connectivity index (χ2v) is 4.14. The second-order valence-electron chi connectivity index (χ2n) is 3.76. The van der Waals surface area contributed by atoms with Crippen molar-refractivity contribution in [2.75, 3.05) is 0 Å². The van der Waals surface area contributed by atoms with Crippen LogP contribution < -0.4 is 0 Å². The molecule has 0 aromatic carbocycles. The fourth-order valence-corrected chi connectivity index (χ4v) is 1.73. The fourth-order valence-electron chi connectivity index (χ4n) is 1.55. The Morgan fingerprint density at radius 2 is 2.20 bits per heavy atom. The van der Waals surface area contributed by atoms with E-state index in [-0.39, 0.29) is 0 Å². The van der Waals surface area contributed by atoms with E-state index in [2.05, 4.69) is 10.1 Å². The van der Waals surface area contributed by atoms with Crippen LogP contribution >= 0.6 is 11.6 Å². The van der Waals surface area contributed by atoms with Crippen molar-refractivity contribution in [3.63, 3.8) is 0 Å². The maximum Gasteiger partial charge on any atom is 0.167 e. The van der Waals surface area contributed by atoms with Gasteiger partial charge in [0.15, 0.2) is 5.76 Å². The van der Waals surface area contributed by atoms with Gasteiger partial charge in [-0.2, -0.15) is 0 Å². The summed E-state index contributed by atoms with van der Waals surface area (Å²) in [5.74, 6) is 1.38. The molecular formula is C11H9ClN2O. The van der Waals surface area contributed by atoms with Crippen LogP contribution in [0, 0.1) is 0 Å². The number of halogens is 1. The Morgan fingerprint density at radius 1 is 1.33 bits per heavy atom. The zero-order chi connectivity index (χ0) is 10.3. The number of rotatable bonds is 2. The summed E-state index contributed by atoms with van der Waals surface area (Å²) in [6.45, 7) is 0. The number of hydrogen-bond donors (Lipinski definition) is 0. The molecule has 0 atom stereocenters. The van der Waals surface area contributed by atoms with Crippen LogP contribution in [0.15, 0.2) is 28.9 Å². The van der Waals surface area contributed by atoms with E-state index >= 15 is 0 Å². The molecule has 3 rings (SSSR count). The van der Waals surface area contributed by atoms with Gasteiger partial charge in [0.1, 0.15) is 5.15 Å². The van der Waals surface area contributed by atoms with Crippen LogP contribution in [-0.4, -0.2) is 10.1 Å². The molecule has 1 aliphatic rings. The molecule has 3 nitrogen and oxygen atoms in total. The number of aromatic nitrogens is 2. The highest BCUT2D eigenvalue weighted by molar-refractivity contribution is 6.29. The third-order valence-corrected chi connectivity index (χ3v) is 2.74. The Hall–Kier alpha value is -1.35. The SMILES string of the molecule is Clc1cc(-c2cc(C3CC3)no2)ccn1. The molecule has 2 aromatic rings. The molecule has 0 amide bonds. The quantitative estimate of drug-likeness (QED) is 0.730. The average molecular weight is 221 g/mol. The Balaban J connectivity index is 1.97. The molecule has 1 aliphatic carbocycles. The van der Waals surface area contributed by atoms with E-state index in [1.54, 1.807) is 12.3 Å². The van der Waals surface area contributed by atoms with Crippen molar-refractivity contribution in [2.45, 2.75) is 18.8 Å². The summed E-state index contributed by atoms with van der Waals surface area (Å²) in [5.41, 5.74) is 1.98. The standard InChI is InChI=1S/C11H9ClN2O/c12-11-5-8(3-4-13-11)10-6-9(14-15-10)7-1-2-7/h3-7H,1-2H2. The van der Waals surface area contributed by atoms with Crippen molar-refractivity contribution in [2.24, 2.45) is 0 Å². The van der Waals surface area contributed by atoms with Gasteiger partial charge in [-0.15, -0.1) is 0 Å². The van der Waals surface area contributed by atoms with E-state index in [0.717, 1.165) is 17.0 Å². The first kappa shape index (κ1) is 8.92. The zero-order valence-corrected chi connectivity index (χ0v) is 8.74. The van der Waals surface area contributed by atoms with Gasteiger partial charge in [-0.05, 0) is 25.0 Å². The summed E-state index contributed by atoms with van der Waals surface area (Å²) in [5, 5.41) is 4.52. The molecule has 0 unspecified atom stereocenters. The minimum atomic E-state index is 0.469. The summed E-state index contributed by atoms with van der Waals surface area (Å²) < 4.78 is 5.27. The maximum absolute atomic E-state index is 5.80. The summed E-state index contributed by atoms with van der Waals surface area (Å²) >= 11 is 5.80. The lowest BCUT2D eigenvalue weighted by Crippen LogP contribution is -1.77. The van der Waals surface area contributed by atoms with Gasteiger partial charge in [0.25, 0.3) is 0 Å². The smallest absolute Gasteiger partial charge is 0.167 e. The van der Waals surface area contributed by atoms with Crippen LogP contribution in [0.25, 0.3) is 11.3 Å². The highest BCUT2D eigenvalue weighted by atomic mass is 35.5. The topological polar surface area (TPSA) is 38.9 Å². The van der Waals surface area contributed by atoms with Crippen molar-refractivity contribution in [3.8, 4) is 11.3 Å². The molecule has 0 N–H and O–H groups in total. The van der Waals surface area contributed by atoms with Crippen molar-refractivity contribution >= 4 is 11.6 Å². The summed E-state index contributed by atoms with van der Waals surface area (Å²) in [6, 6.07) is 5.63. The van der Waals surface area contributed by atoms with Crippen LogP contribution in [0.1, 0.15) is 24.5 Å². The van der Waals surface area contributed by atoms with E-state index in [4.69, 9.17) is 16.1 Å². The van der Waals surface area contributed by atoms with Crippen LogP contribution in [0.4, 0.5) is 0 Å². The van der Waals surface area contributed by atoms with Gasteiger partial charge in [-0.25, -0.2) is 4.98 Å². The fraction of sp³-hybridized carbons (Fsp3) is 0.273. The average Bonchev–Trinajstić information content (AvgIpc) is 2.97. The van der Waals surface area contributed by atoms with Gasteiger partial charge in [0.05, 0.1) is 5.69 Å². The molecule has 0 spiro atoms. The number of hydrogen-bond acceptors (Lipinski definition) is 3. The van der Waals surface area contributed by atoms with Gasteiger partial charge in [0, 0.05) is 23.7 Å². The molecule has 2 aromatic heterocycles. The molecular weight excluding hydrogens is 212 g/mol. The monoisotopic (exact) mass is 220 g/mol. The Kier molecular flexibility index (Phi) is 1.99. The summed E-state index contributed by atoms with van der Waals surface area (Å²) in [6.07, 6.45) is 4.11. The second kappa shape index (κ2) is 3.35. The van der Waals surface area contributed by atoms with E-state index in [1.807, 2.05) is 12.1 Å². The van der Waals surface area contributed by atoms with Gasteiger partial charge < -0.3 is 4.52 Å². The van der Waals surface area contributed by atoms with Gasteiger partial charge in [0.2, 0.25) is 0 Å². The highest BCUT2D eigenvalue weighted by Gasteiger charge is 2.27. The molecule has 76 valence electrons. The normalized spacial score (nSPS) is 15.5. The third kappa shape index (κ3) is 1.75. The lowest BCUT2D eigenvalue weighted by molar-refractivity contribution is 0.424. The first-order valence-electron chi connectivity index (χ1n) is 4.91. The van der Waals surface area contributed by atoms with E-state index in [1.165, 1.54) is 12.8 Å². The Bertz CT molecular complexity index is 491. The number of nitrogens with zero attached hydrogens (tertiary/aromatic N) is 2. The molecule has 1 saturated carbocycles. The molecule has 1 fully saturated rings. The minimum Gasteiger partial charge on any atom is -0.356 e. The van der Waals surface area contributed by atoms with E-state index < -0.39 is 0 Å². The van der Waals surface area contributed by atoms with Crippen LogP contribution in [-0.2, 0) is 0 Å². The van der Waals surface area contributed by atoms with Gasteiger partial charge in [-0.3, -0.25) is 0 Å². The van der Waals surface area contributed by atoms with Crippen molar-refractivity contribution < 1.29 is 4.52 Å². The summed E-state index contributed by atoms with van der Waals surface area (Å²) in [7, 11) is 0. The van der Waals surface area contributed by atoms with Gasteiger partial charge in [-0.1, -0.05) is 16.8 Å². The molecule has 2 heterocycles. The predicted molar refractivity (Wildman–Crippen MR) is 56.7 cm³/mol. The predicted octanol–water partition coefficient (Wildman–Crippen LogP) is 3.27. The van der Waals surface area contributed by atoms with Crippen molar-refractivity contribution in [1.82, 2.24) is 10.1 Å². The van der Waals surface area contributed by atoms with E-state index in [0.29, 0.717) is 11.1 Å².